The van der Waals surface area contributed by atoms with Gasteiger partial charge in [0.15, 0.2) is 0 Å². The third-order valence-electron chi connectivity index (χ3n) is 1.66. The second-order valence-corrected chi connectivity index (χ2v) is 4.11. The Labute approximate surface area is 111 Å². The largest absolute Gasteiger partial charge is 0.392 e. The van der Waals surface area contributed by atoms with Crippen molar-refractivity contribution in [3.05, 3.63) is 12.7 Å². The predicted octanol–water partition coefficient (Wildman–Crippen LogP) is 1.17. The molecule has 0 aliphatic heterocycles. The minimum absolute atomic E-state index is 0.0418. The Kier molecular flexibility index (Phi) is 5.47. The van der Waals surface area contributed by atoms with Crippen molar-refractivity contribution >= 4 is 11.5 Å². The molecule has 1 aromatic heterocycles. The summed E-state index contributed by atoms with van der Waals surface area (Å²) in [6.07, 6.45) is 2.43. The second-order valence-electron chi connectivity index (χ2n) is 4.11. The number of oxime groups is 2. The molecule has 0 saturated heterocycles. The molecule has 1 aromatic rings. The Bertz CT molecular complexity index is 484. The Morgan fingerprint density at radius 3 is 2.32 bits per heavy atom. The Hall–Kier alpha value is -2.43. The molecule has 0 fully saturated rings. The van der Waals surface area contributed by atoms with Gasteiger partial charge in [-0.3, -0.25) is 0 Å². The second kappa shape index (κ2) is 7.10. The van der Waals surface area contributed by atoms with E-state index in [-0.39, 0.29) is 23.8 Å². The van der Waals surface area contributed by atoms with Gasteiger partial charge < -0.3 is 9.68 Å². The summed E-state index contributed by atoms with van der Waals surface area (Å²) in [5, 5.41) is 20.6. The lowest BCUT2D eigenvalue weighted by molar-refractivity contribution is 0.0827. The fourth-order valence-corrected chi connectivity index (χ4v) is 0.936. The van der Waals surface area contributed by atoms with Gasteiger partial charge in [0.25, 0.3) is 0 Å². The standard InChI is InChI=1S/C11H16N6O2/c1-8(2)18-15-10(5-12)11(16-19-9(3)4)17-7-13-6-14-17/h6-9H,1-4H3/b15-10+,16-11-. The number of aromatic nitrogens is 3. The fourth-order valence-electron chi connectivity index (χ4n) is 0.936. The zero-order valence-corrected chi connectivity index (χ0v) is 11.3. The first-order valence-electron chi connectivity index (χ1n) is 5.77. The summed E-state index contributed by atoms with van der Waals surface area (Å²) in [5.74, 6) is 0.120. The van der Waals surface area contributed by atoms with E-state index >= 15 is 0 Å². The lowest BCUT2D eigenvalue weighted by Crippen LogP contribution is -2.24. The van der Waals surface area contributed by atoms with E-state index in [1.807, 2.05) is 19.9 Å². The first-order valence-corrected chi connectivity index (χ1v) is 5.77. The third kappa shape index (κ3) is 4.75. The van der Waals surface area contributed by atoms with Crippen LogP contribution in [0.4, 0.5) is 0 Å². The first kappa shape index (κ1) is 14.6. The van der Waals surface area contributed by atoms with Gasteiger partial charge >= 0.3 is 0 Å². The van der Waals surface area contributed by atoms with E-state index < -0.39 is 0 Å². The molecule has 8 nitrogen and oxygen atoms in total. The summed E-state index contributed by atoms with van der Waals surface area (Å²) in [4.78, 5) is 14.0. The van der Waals surface area contributed by atoms with Gasteiger partial charge in [-0.15, -0.1) is 0 Å². The van der Waals surface area contributed by atoms with Crippen molar-refractivity contribution in [2.75, 3.05) is 0 Å². The van der Waals surface area contributed by atoms with Crippen LogP contribution in [0.2, 0.25) is 0 Å². The highest BCUT2D eigenvalue weighted by molar-refractivity contribution is 6.47. The summed E-state index contributed by atoms with van der Waals surface area (Å²) >= 11 is 0. The van der Waals surface area contributed by atoms with Gasteiger partial charge in [0.2, 0.25) is 11.5 Å². The van der Waals surface area contributed by atoms with Crippen LogP contribution in [0.1, 0.15) is 27.7 Å². The molecule has 0 aromatic carbocycles. The molecule has 0 bridgehead atoms. The van der Waals surface area contributed by atoms with E-state index in [2.05, 4.69) is 20.4 Å². The summed E-state index contributed by atoms with van der Waals surface area (Å²) in [7, 11) is 0. The summed E-state index contributed by atoms with van der Waals surface area (Å²) in [6.45, 7) is 7.23. The SMILES string of the molecule is CC(C)O/N=C(/C(C#N)=N/OC(C)C)n1cncn1. The van der Waals surface area contributed by atoms with Crippen molar-refractivity contribution in [1.82, 2.24) is 14.8 Å². The fraction of sp³-hybridized carbons (Fsp3) is 0.545. The molecule has 102 valence electrons. The average molecular weight is 264 g/mol. The maximum absolute atomic E-state index is 9.11. The Balaban J connectivity index is 3.05. The van der Waals surface area contributed by atoms with E-state index in [9.17, 15) is 0 Å². The van der Waals surface area contributed by atoms with E-state index in [4.69, 9.17) is 14.9 Å². The first-order chi connectivity index (χ1) is 9.04. The minimum Gasteiger partial charge on any atom is -0.392 e. The molecule has 8 heteroatoms. The Morgan fingerprint density at radius 1 is 1.21 bits per heavy atom. The molecular weight excluding hydrogens is 248 g/mol. The summed E-state index contributed by atoms with van der Waals surface area (Å²) in [5.41, 5.74) is -0.0418. The van der Waals surface area contributed by atoms with Crippen molar-refractivity contribution in [3.63, 3.8) is 0 Å². The van der Waals surface area contributed by atoms with Crippen LogP contribution in [-0.2, 0) is 9.68 Å². The highest BCUT2D eigenvalue weighted by Crippen LogP contribution is 1.97. The van der Waals surface area contributed by atoms with Gasteiger partial charge in [-0.1, -0.05) is 10.3 Å². The molecule has 0 atom stereocenters. The maximum atomic E-state index is 9.11. The van der Waals surface area contributed by atoms with Crippen molar-refractivity contribution in [3.8, 4) is 6.07 Å². The molecule has 0 aliphatic carbocycles. The maximum Gasteiger partial charge on any atom is 0.234 e. The lowest BCUT2D eigenvalue weighted by atomic mass is 10.4. The smallest absolute Gasteiger partial charge is 0.234 e. The quantitative estimate of drug-likeness (QED) is 0.451. The van der Waals surface area contributed by atoms with Crippen LogP contribution >= 0.6 is 0 Å². The van der Waals surface area contributed by atoms with Crippen LogP contribution in [0.5, 0.6) is 0 Å². The van der Waals surface area contributed by atoms with Crippen LogP contribution in [0, 0.1) is 11.3 Å². The number of nitriles is 1. The monoisotopic (exact) mass is 264 g/mol. The van der Waals surface area contributed by atoms with Gasteiger partial charge in [-0.2, -0.15) is 15.0 Å². The van der Waals surface area contributed by atoms with Crippen molar-refractivity contribution in [1.29, 1.82) is 5.26 Å². The summed E-state index contributed by atoms with van der Waals surface area (Å²) < 4.78 is 1.29. The van der Waals surface area contributed by atoms with Crippen LogP contribution in [0.15, 0.2) is 23.0 Å². The summed E-state index contributed by atoms with van der Waals surface area (Å²) in [6, 6.07) is 1.90. The number of hydrogen-bond acceptors (Lipinski definition) is 7. The van der Waals surface area contributed by atoms with E-state index in [0.29, 0.717) is 0 Å². The van der Waals surface area contributed by atoms with E-state index in [0.717, 1.165) is 0 Å². The van der Waals surface area contributed by atoms with Crippen LogP contribution in [-0.4, -0.2) is 38.5 Å². The molecule has 19 heavy (non-hydrogen) atoms. The zero-order chi connectivity index (χ0) is 14.3. The molecule has 1 rings (SSSR count). The van der Waals surface area contributed by atoms with Gasteiger partial charge in [-0.05, 0) is 27.7 Å². The molecule has 0 saturated carbocycles. The lowest BCUT2D eigenvalue weighted by Gasteiger charge is -2.07. The van der Waals surface area contributed by atoms with Crippen LogP contribution < -0.4 is 0 Å². The highest BCUT2D eigenvalue weighted by Gasteiger charge is 2.15. The average Bonchev–Trinajstić information content (AvgIpc) is 2.86. The molecule has 0 unspecified atom stereocenters. The number of rotatable bonds is 5. The molecule has 0 aliphatic rings. The van der Waals surface area contributed by atoms with Gasteiger partial charge in [0.1, 0.15) is 30.9 Å². The molecule has 1 heterocycles. The molecule has 0 N–H and O–H groups in total. The number of hydrogen-bond donors (Lipinski definition) is 0. The Morgan fingerprint density at radius 2 is 1.84 bits per heavy atom. The zero-order valence-electron chi connectivity index (χ0n) is 11.3. The molecule has 0 radical (unpaired) electrons. The molecule has 0 spiro atoms. The van der Waals surface area contributed by atoms with Crippen molar-refractivity contribution in [2.45, 2.75) is 39.9 Å². The van der Waals surface area contributed by atoms with Crippen LogP contribution in [0.3, 0.4) is 0 Å². The molecular formula is C11H16N6O2. The van der Waals surface area contributed by atoms with Gasteiger partial charge in [-0.25, -0.2) is 4.98 Å². The number of nitrogens with zero attached hydrogens (tertiary/aromatic N) is 6. The van der Waals surface area contributed by atoms with Crippen molar-refractivity contribution in [2.24, 2.45) is 10.3 Å². The van der Waals surface area contributed by atoms with Gasteiger partial charge in [0, 0.05) is 0 Å². The van der Waals surface area contributed by atoms with Gasteiger partial charge in [0.05, 0.1) is 0 Å². The van der Waals surface area contributed by atoms with Crippen molar-refractivity contribution < 1.29 is 9.68 Å². The predicted molar refractivity (Wildman–Crippen MR) is 68.3 cm³/mol. The minimum atomic E-state index is -0.147. The van der Waals surface area contributed by atoms with E-state index in [1.165, 1.54) is 17.3 Å². The molecule has 0 amide bonds. The van der Waals surface area contributed by atoms with Crippen LogP contribution in [0.25, 0.3) is 0 Å². The highest BCUT2D eigenvalue weighted by atomic mass is 16.6. The third-order valence-corrected chi connectivity index (χ3v) is 1.66. The normalized spacial score (nSPS) is 12.7. The van der Waals surface area contributed by atoms with E-state index in [1.54, 1.807) is 13.8 Å². The topological polar surface area (TPSA) is 97.7 Å².